The summed E-state index contributed by atoms with van der Waals surface area (Å²) in [6.45, 7) is 0. The van der Waals surface area contributed by atoms with Gasteiger partial charge in [-0.25, -0.2) is 9.98 Å². The van der Waals surface area contributed by atoms with Gasteiger partial charge in [-0.1, -0.05) is 0 Å². The van der Waals surface area contributed by atoms with E-state index in [1.807, 2.05) is 12.3 Å². The number of hydrogen-bond acceptors (Lipinski definition) is 2. The van der Waals surface area contributed by atoms with Crippen LogP contribution in [-0.4, -0.2) is 11.2 Å². The zero-order chi connectivity index (χ0) is 6.10. The van der Waals surface area contributed by atoms with Crippen molar-refractivity contribution in [1.82, 2.24) is 4.98 Å². The molecule has 0 aliphatic carbocycles. The van der Waals surface area contributed by atoms with Gasteiger partial charge in [0.25, 0.3) is 0 Å². The van der Waals surface area contributed by atoms with E-state index in [0.29, 0.717) is 0 Å². The molecule has 1 aliphatic heterocycles. The number of rotatable bonds is 0. The Kier molecular flexibility index (Phi) is 0.859. The minimum absolute atomic E-state index is 0.831. The summed E-state index contributed by atoms with van der Waals surface area (Å²) < 4.78 is 0. The maximum atomic E-state index is 4.03. The number of aliphatic imine (C=N–C) groups is 1. The van der Waals surface area contributed by atoms with Gasteiger partial charge in [0, 0.05) is 24.4 Å². The minimum Gasteiger partial charge on any atom is -0.241 e. The molecule has 0 atom stereocenters. The monoisotopic (exact) mass is 117 g/mol. The van der Waals surface area contributed by atoms with E-state index >= 15 is 0 Å². The molecule has 43 valence electrons. The molecule has 0 bridgehead atoms. The van der Waals surface area contributed by atoms with Crippen molar-refractivity contribution >= 4 is 12.0 Å². The van der Waals surface area contributed by atoms with Crippen LogP contribution >= 0.6 is 0 Å². The van der Waals surface area contributed by atoms with Crippen LogP contribution in [0.1, 0.15) is 5.56 Å². The first-order chi connectivity index (χ1) is 4.47. The molecule has 1 radical (unpaired) electrons. The first-order valence-corrected chi connectivity index (χ1v) is 2.85. The van der Waals surface area contributed by atoms with E-state index in [0.717, 1.165) is 17.8 Å². The van der Waals surface area contributed by atoms with Gasteiger partial charge in [0.05, 0.1) is 0 Å². The molecule has 2 rings (SSSR count). The highest BCUT2D eigenvalue weighted by Crippen LogP contribution is 2.18. The highest BCUT2D eigenvalue weighted by molar-refractivity contribution is 5.73. The average Bonchev–Trinajstić information content (AvgIpc) is 2.33. The smallest absolute Gasteiger partial charge is 0.155 e. The average molecular weight is 117 g/mol. The van der Waals surface area contributed by atoms with Crippen LogP contribution in [0.3, 0.4) is 0 Å². The van der Waals surface area contributed by atoms with Gasteiger partial charge < -0.3 is 0 Å². The molecule has 1 aromatic heterocycles. The van der Waals surface area contributed by atoms with Crippen LogP contribution < -0.4 is 0 Å². The lowest BCUT2D eigenvalue weighted by molar-refractivity contribution is 1.24. The molecule has 2 nitrogen and oxygen atoms in total. The van der Waals surface area contributed by atoms with Crippen molar-refractivity contribution in [2.24, 2.45) is 4.99 Å². The van der Waals surface area contributed by atoms with E-state index in [1.165, 1.54) is 0 Å². The lowest BCUT2D eigenvalue weighted by Gasteiger charge is -1.89. The standard InChI is InChI=1S/C7H5N2/c1-2-6-3-5-9-7(6)8-4-1/h1,4-5H,3H2. The molecule has 2 heterocycles. The third kappa shape index (κ3) is 0.633. The Labute approximate surface area is 53.3 Å². The summed E-state index contributed by atoms with van der Waals surface area (Å²) in [5.41, 5.74) is 1.11. The third-order valence-corrected chi connectivity index (χ3v) is 1.31. The molecule has 0 spiro atoms. The summed E-state index contributed by atoms with van der Waals surface area (Å²) in [5.74, 6) is 0.831. The first kappa shape index (κ1) is 4.68. The van der Waals surface area contributed by atoms with E-state index in [-0.39, 0.29) is 0 Å². The zero-order valence-electron chi connectivity index (χ0n) is 4.83. The summed E-state index contributed by atoms with van der Waals surface area (Å²) >= 11 is 0. The number of aromatic nitrogens is 1. The Balaban J connectivity index is 2.63. The highest BCUT2D eigenvalue weighted by atomic mass is 14.9. The first-order valence-electron chi connectivity index (χ1n) is 2.85. The summed E-state index contributed by atoms with van der Waals surface area (Å²) in [4.78, 5) is 8.06. The fraction of sp³-hybridized carbons (Fsp3) is 0.143. The van der Waals surface area contributed by atoms with Crippen molar-refractivity contribution in [3.05, 3.63) is 23.9 Å². The van der Waals surface area contributed by atoms with Crippen molar-refractivity contribution in [2.45, 2.75) is 6.42 Å². The molecule has 0 saturated heterocycles. The van der Waals surface area contributed by atoms with Crippen LogP contribution in [0, 0.1) is 6.07 Å². The third-order valence-electron chi connectivity index (χ3n) is 1.31. The van der Waals surface area contributed by atoms with Crippen molar-refractivity contribution < 1.29 is 0 Å². The molecule has 0 N–H and O–H groups in total. The summed E-state index contributed by atoms with van der Waals surface area (Å²) in [7, 11) is 0. The zero-order valence-corrected chi connectivity index (χ0v) is 4.83. The van der Waals surface area contributed by atoms with E-state index < -0.39 is 0 Å². The predicted octanol–water partition coefficient (Wildman–Crippen LogP) is 1.14. The number of nitrogens with zero attached hydrogens (tertiary/aromatic N) is 2. The SMILES string of the molecule is [c]1ccnc2c1CC=N2. The molecular weight excluding hydrogens is 112 g/mol. The van der Waals surface area contributed by atoms with E-state index in [2.05, 4.69) is 16.0 Å². The highest BCUT2D eigenvalue weighted by Gasteiger charge is 2.04. The van der Waals surface area contributed by atoms with Crippen LogP contribution in [0.2, 0.25) is 0 Å². The Morgan fingerprint density at radius 2 is 2.56 bits per heavy atom. The predicted molar refractivity (Wildman–Crippen MR) is 34.9 cm³/mol. The van der Waals surface area contributed by atoms with Gasteiger partial charge in [-0.15, -0.1) is 0 Å². The van der Waals surface area contributed by atoms with Crippen LogP contribution in [0.5, 0.6) is 0 Å². The lowest BCUT2D eigenvalue weighted by Crippen LogP contribution is -1.79. The van der Waals surface area contributed by atoms with Crippen LogP contribution in [0.25, 0.3) is 0 Å². The molecule has 0 unspecified atom stereocenters. The summed E-state index contributed by atoms with van der Waals surface area (Å²) in [5, 5.41) is 0. The number of pyridine rings is 1. The van der Waals surface area contributed by atoms with Crippen LogP contribution in [0.4, 0.5) is 5.82 Å². The molecule has 9 heavy (non-hydrogen) atoms. The Bertz CT molecular complexity index is 253. The molecule has 0 fully saturated rings. The maximum absolute atomic E-state index is 4.03. The van der Waals surface area contributed by atoms with Gasteiger partial charge in [-0.2, -0.15) is 0 Å². The van der Waals surface area contributed by atoms with Crippen molar-refractivity contribution in [2.75, 3.05) is 0 Å². The van der Waals surface area contributed by atoms with Gasteiger partial charge >= 0.3 is 0 Å². The van der Waals surface area contributed by atoms with Crippen molar-refractivity contribution in [3.8, 4) is 0 Å². The van der Waals surface area contributed by atoms with E-state index in [4.69, 9.17) is 0 Å². The van der Waals surface area contributed by atoms with Gasteiger partial charge in [-0.3, -0.25) is 0 Å². The van der Waals surface area contributed by atoms with Crippen molar-refractivity contribution in [3.63, 3.8) is 0 Å². The fourth-order valence-corrected chi connectivity index (χ4v) is 0.873. The molecule has 0 aromatic carbocycles. The second kappa shape index (κ2) is 1.65. The Morgan fingerprint density at radius 1 is 1.56 bits per heavy atom. The molecule has 1 aromatic rings. The lowest BCUT2D eigenvalue weighted by atomic mass is 10.2. The molecule has 2 heteroatoms. The Morgan fingerprint density at radius 3 is 3.44 bits per heavy atom. The van der Waals surface area contributed by atoms with Gasteiger partial charge in [0.15, 0.2) is 5.82 Å². The fourth-order valence-electron chi connectivity index (χ4n) is 0.873. The van der Waals surface area contributed by atoms with Gasteiger partial charge in [0.2, 0.25) is 0 Å². The quantitative estimate of drug-likeness (QED) is 0.500. The molecule has 0 saturated carbocycles. The minimum atomic E-state index is 0.831. The second-order valence-electron chi connectivity index (χ2n) is 1.91. The molecule has 0 amide bonds. The molecule has 1 aliphatic rings. The van der Waals surface area contributed by atoms with Crippen LogP contribution in [0.15, 0.2) is 17.3 Å². The van der Waals surface area contributed by atoms with Gasteiger partial charge in [0.1, 0.15) is 0 Å². The van der Waals surface area contributed by atoms with Crippen LogP contribution in [-0.2, 0) is 6.42 Å². The summed E-state index contributed by atoms with van der Waals surface area (Å²) in [6.07, 6.45) is 4.46. The molecular formula is C7H5N2. The number of fused-ring (bicyclic) bond motifs is 1. The van der Waals surface area contributed by atoms with Crippen molar-refractivity contribution in [1.29, 1.82) is 0 Å². The Hall–Kier alpha value is -1.18. The van der Waals surface area contributed by atoms with Gasteiger partial charge in [-0.05, 0) is 12.1 Å². The van der Waals surface area contributed by atoms with E-state index in [9.17, 15) is 0 Å². The van der Waals surface area contributed by atoms with E-state index in [1.54, 1.807) is 6.20 Å². The number of hydrogen-bond donors (Lipinski definition) is 0. The summed E-state index contributed by atoms with van der Waals surface area (Å²) in [6, 6.07) is 4.87. The largest absolute Gasteiger partial charge is 0.241 e. The maximum Gasteiger partial charge on any atom is 0.155 e. The normalized spacial score (nSPS) is 13.8. The second-order valence-corrected chi connectivity index (χ2v) is 1.91. The topological polar surface area (TPSA) is 25.2 Å².